The van der Waals surface area contributed by atoms with E-state index in [0.29, 0.717) is 6.42 Å². The minimum absolute atomic E-state index is 0.133. The highest BCUT2D eigenvalue weighted by molar-refractivity contribution is 6.12. The van der Waals surface area contributed by atoms with Crippen LogP contribution < -0.4 is 14.8 Å². The molecule has 35 heavy (non-hydrogen) atoms. The average Bonchev–Trinajstić information content (AvgIpc) is 2.92. The van der Waals surface area contributed by atoms with Crippen molar-refractivity contribution in [3.8, 4) is 11.5 Å². The SMILES string of the molecule is COc1ccc(OC)c(C2Nc3ccc4ncccc4c3C3=C2C(=O)CC(c2ccccc2)C3)c1. The van der Waals surface area contributed by atoms with Crippen molar-refractivity contribution < 1.29 is 14.3 Å². The fourth-order valence-electron chi connectivity index (χ4n) is 5.59. The Bertz CT molecular complexity index is 1480. The second-order valence-corrected chi connectivity index (χ2v) is 9.07. The molecular weight excluding hydrogens is 436 g/mol. The molecule has 6 rings (SSSR count). The Morgan fingerprint density at radius 1 is 0.914 bits per heavy atom. The van der Waals surface area contributed by atoms with Gasteiger partial charge in [0.2, 0.25) is 0 Å². The van der Waals surface area contributed by atoms with Crippen LogP contribution in [0.4, 0.5) is 5.69 Å². The molecule has 0 bridgehead atoms. The fraction of sp³-hybridized carbons (Fsp3) is 0.200. The van der Waals surface area contributed by atoms with Crippen molar-refractivity contribution in [1.82, 2.24) is 4.98 Å². The number of pyridine rings is 1. The first-order valence-electron chi connectivity index (χ1n) is 11.9. The molecule has 174 valence electrons. The number of fused-ring (bicyclic) bond motifs is 4. The van der Waals surface area contributed by atoms with Crippen LogP contribution in [-0.2, 0) is 4.79 Å². The number of ketones is 1. The Kier molecular flexibility index (Phi) is 5.25. The van der Waals surface area contributed by atoms with Gasteiger partial charge in [0.25, 0.3) is 0 Å². The lowest BCUT2D eigenvalue weighted by Crippen LogP contribution is -2.30. The van der Waals surface area contributed by atoms with Gasteiger partial charge in [-0.25, -0.2) is 0 Å². The van der Waals surface area contributed by atoms with Crippen LogP contribution in [0, 0.1) is 0 Å². The van der Waals surface area contributed by atoms with Crippen LogP contribution >= 0.6 is 0 Å². The molecule has 1 aromatic heterocycles. The van der Waals surface area contributed by atoms with Gasteiger partial charge < -0.3 is 14.8 Å². The van der Waals surface area contributed by atoms with Crippen LogP contribution in [0.3, 0.4) is 0 Å². The van der Waals surface area contributed by atoms with E-state index in [4.69, 9.17) is 9.47 Å². The summed E-state index contributed by atoms with van der Waals surface area (Å²) < 4.78 is 11.2. The molecule has 0 saturated heterocycles. The Balaban J connectivity index is 1.60. The van der Waals surface area contributed by atoms with Crippen LogP contribution in [0.15, 0.2) is 84.6 Å². The van der Waals surface area contributed by atoms with Gasteiger partial charge >= 0.3 is 0 Å². The topological polar surface area (TPSA) is 60.5 Å². The number of Topliss-reactive ketones (excluding diaryl/α,β-unsaturated/α-hetero) is 1. The Labute approximate surface area is 204 Å². The fourth-order valence-corrected chi connectivity index (χ4v) is 5.59. The van der Waals surface area contributed by atoms with Crippen molar-refractivity contribution in [2.24, 2.45) is 0 Å². The van der Waals surface area contributed by atoms with E-state index < -0.39 is 0 Å². The molecule has 2 unspecified atom stereocenters. The van der Waals surface area contributed by atoms with Crippen LogP contribution in [-0.4, -0.2) is 25.0 Å². The smallest absolute Gasteiger partial charge is 0.162 e. The first-order chi connectivity index (χ1) is 17.2. The van der Waals surface area contributed by atoms with Gasteiger partial charge in [0.05, 0.1) is 25.8 Å². The number of allylic oxidation sites excluding steroid dienone is 1. The molecule has 0 saturated carbocycles. The maximum Gasteiger partial charge on any atom is 0.162 e. The number of rotatable bonds is 4. The van der Waals surface area contributed by atoms with Gasteiger partial charge in [-0.05, 0) is 59.9 Å². The van der Waals surface area contributed by atoms with Gasteiger partial charge in [0, 0.05) is 40.4 Å². The molecular formula is C30H26N2O3. The minimum atomic E-state index is -0.333. The summed E-state index contributed by atoms with van der Waals surface area (Å²) in [6.07, 6.45) is 3.07. The van der Waals surface area contributed by atoms with Gasteiger partial charge in [0.15, 0.2) is 5.78 Å². The number of carbonyl (C=O) groups excluding carboxylic acids is 1. The molecule has 4 aromatic rings. The highest BCUT2D eigenvalue weighted by Crippen LogP contribution is 2.52. The number of benzene rings is 3. The first-order valence-corrected chi connectivity index (χ1v) is 11.9. The van der Waals surface area contributed by atoms with Gasteiger partial charge in [0.1, 0.15) is 11.5 Å². The number of anilines is 1. The van der Waals surface area contributed by atoms with E-state index in [2.05, 4.69) is 34.6 Å². The lowest BCUT2D eigenvalue weighted by molar-refractivity contribution is -0.116. The van der Waals surface area contributed by atoms with E-state index in [1.807, 2.05) is 54.7 Å². The van der Waals surface area contributed by atoms with E-state index in [1.165, 1.54) is 5.56 Å². The summed E-state index contributed by atoms with van der Waals surface area (Å²) in [5.41, 5.74) is 7.00. The molecule has 0 amide bonds. The molecule has 3 aromatic carbocycles. The highest BCUT2D eigenvalue weighted by Gasteiger charge is 2.39. The summed E-state index contributed by atoms with van der Waals surface area (Å²) in [6.45, 7) is 0. The number of nitrogens with zero attached hydrogens (tertiary/aromatic N) is 1. The average molecular weight is 463 g/mol. The van der Waals surface area contributed by atoms with Crippen LogP contribution in [0.1, 0.15) is 41.5 Å². The summed E-state index contributed by atoms with van der Waals surface area (Å²) in [5.74, 6) is 1.74. The Hall–Kier alpha value is -4.12. The summed E-state index contributed by atoms with van der Waals surface area (Å²) >= 11 is 0. The summed E-state index contributed by atoms with van der Waals surface area (Å²) in [6, 6.07) is 23.9. The lowest BCUT2D eigenvalue weighted by atomic mass is 9.71. The molecule has 5 heteroatoms. The second kappa shape index (κ2) is 8.58. The Morgan fingerprint density at radius 3 is 2.57 bits per heavy atom. The quantitative estimate of drug-likeness (QED) is 0.385. The van der Waals surface area contributed by atoms with Crippen molar-refractivity contribution >= 4 is 27.9 Å². The number of hydrogen-bond donors (Lipinski definition) is 1. The zero-order valence-corrected chi connectivity index (χ0v) is 19.7. The normalized spacial score (nSPS) is 19.1. The molecule has 2 atom stereocenters. The maximum absolute atomic E-state index is 13.9. The van der Waals surface area contributed by atoms with Gasteiger partial charge in [-0.3, -0.25) is 9.78 Å². The molecule has 2 aliphatic rings. The number of ether oxygens (including phenoxy) is 2. The third kappa shape index (κ3) is 3.55. The van der Waals surface area contributed by atoms with Crippen molar-refractivity contribution in [2.75, 3.05) is 19.5 Å². The number of nitrogens with one attached hydrogen (secondary N) is 1. The number of methoxy groups -OCH3 is 2. The third-order valence-corrected chi connectivity index (χ3v) is 7.20. The highest BCUT2D eigenvalue weighted by atomic mass is 16.5. The minimum Gasteiger partial charge on any atom is -0.497 e. The summed E-state index contributed by atoms with van der Waals surface area (Å²) in [7, 11) is 3.31. The zero-order valence-electron chi connectivity index (χ0n) is 19.7. The molecule has 0 spiro atoms. The van der Waals surface area contributed by atoms with E-state index in [1.54, 1.807) is 14.2 Å². The van der Waals surface area contributed by atoms with Crippen molar-refractivity contribution in [1.29, 1.82) is 0 Å². The summed E-state index contributed by atoms with van der Waals surface area (Å²) in [4.78, 5) is 18.5. The molecule has 5 nitrogen and oxygen atoms in total. The molecule has 0 fully saturated rings. The summed E-state index contributed by atoms with van der Waals surface area (Å²) in [5, 5.41) is 4.73. The largest absolute Gasteiger partial charge is 0.497 e. The number of carbonyl (C=O) groups is 1. The molecule has 0 radical (unpaired) electrons. The van der Waals surface area contributed by atoms with Crippen molar-refractivity contribution in [3.63, 3.8) is 0 Å². The van der Waals surface area contributed by atoms with Gasteiger partial charge in [-0.15, -0.1) is 0 Å². The molecule has 1 N–H and O–H groups in total. The lowest BCUT2D eigenvalue weighted by Gasteiger charge is -2.37. The van der Waals surface area contributed by atoms with E-state index in [9.17, 15) is 4.79 Å². The van der Waals surface area contributed by atoms with E-state index in [0.717, 1.165) is 56.8 Å². The predicted molar refractivity (Wildman–Crippen MR) is 138 cm³/mol. The Morgan fingerprint density at radius 2 is 1.77 bits per heavy atom. The van der Waals surface area contributed by atoms with Gasteiger partial charge in [-0.1, -0.05) is 36.4 Å². The van der Waals surface area contributed by atoms with Crippen LogP contribution in [0.2, 0.25) is 0 Å². The third-order valence-electron chi connectivity index (χ3n) is 7.20. The van der Waals surface area contributed by atoms with Crippen molar-refractivity contribution in [3.05, 3.63) is 101 Å². The molecule has 2 heterocycles. The van der Waals surface area contributed by atoms with Crippen LogP contribution in [0.25, 0.3) is 16.5 Å². The number of hydrogen-bond acceptors (Lipinski definition) is 5. The number of aromatic nitrogens is 1. The van der Waals surface area contributed by atoms with Crippen molar-refractivity contribution in [2.45, 2.75) is 24.8 Å². The maximum atomic E-state index is 13.9. The standard InChI is InChI=1S/C30H26N2O3/c1-34-20-10-13-27(35-2)22(17-20)30-29-23(15-19(16-26(29)33)18-7-4-3-5-8-18)28-21-9-6-14-31-24(21)11-12-25(28)32-30/h3-14,17,19,30,32H,15-16H2,1-2H3. The van der Waals surface area contributed by atoms with E-state index >= 15 is 0 Å². The van der Waals surface area contributed by atoms with E-state index in [-0.39, 0.29) is 17.7 Å². The first kappa shape index (κ1) is 21.4. The predicted octanol–water partition coefficient (Wildman–Crippen LogP) is 6.32. The van der Waals surface area contributed by atoms with Crippen LogP contribution in [0.5, 0.6) is 11.5 Å². The monoisotopic (exact) mass is 462 g/mol. The van der Waals surface area contributed by atoms with Gasteiger partial charge in [-0.2, -0.15) is 0 Å². The zero-order chi connectivity index (χ0) is 23.9. The molecule has 1 aliphatic heterocycles. The molecule has 1 aliphatic carbocycles. The second-order valence-electron chi connectivity index (χ2n) is 9.07.